The monoisotopic (exact) mass is 469 g/mol. The average Bonchev–Trinajstić information content (AvgIpc) is 3.40. The number of sulfonamides is 1. The van der Waals surface area contributed by atoms with Gasteiger partial charge in [0.1, 0.15) is 5.82 Å². The number of aliphatic hydroxyl groups excluding tert-OH is 1. The number of rotatable bonds is 9. The summed E-state index contributed by atoms with van der Waals surface area (Å²) < 4.78 is 35.4. The Balaban J connectivity index is 1.85. The van der Waals surface area contributed by atoms with E-state index in [4.69, 9.17) is 14.7 Å². The molecule has 3 rings (SSSR count). The van der Waals surface area contributed by atoms with Crippen molar-refractivity contribution in [2.24, 2.45) is 5.16 Å². The van der Waals surface area contributed by atoms with Gasteiger partial charge in [0.05, 0.1) is 24.7 Å². The molecule has 1 aliphatic rings. The van der Waals surface area contributed by atoms with Crippen LogP contribution in [0.25, 0.3) is 0 Å². The number of oxime groups is 1. The minimum Gasteiger partial charge on any atom is -0.395 e. The third kappa shape index (κ3) is 5.83. The zero-order valence-corrected chi connectivity index (χ0v) is 18.6. The Morgan fingerprint density at radius 3 is 2.74 bits per heavy atom. The summed E-state index contributed by atoms with van der Waals surface area (Å²) in [6.07, 6.45) is 0.390. The first-order valence-corrected chi connectivity index (χ1v) is 11.6. The number of likely N-dealkylation sites (N-methyl/N-ethyl adjacent to an activating group) is 1. The Hall–Kier alpha value is -2.45. The number of aromatic nitrogens is 2. The Kier molecular flexibility index (Phi) is 7.67. The molecule has 1 saturated heterocycles. The first-order valence-electron chi connectivity index (χ1n) is 9.42. The van der Waals surface area contributed by atoms with Crippen molar-refractivity contribution in [2.45, 2.75) is 24.3 Å². The smallest absolute Gasteiger partial charge is 0.280 e. The molecular formula is C18H23N5O6S2. The molecule has 0 radical (unpaired) electrons. The first-order chi connectivity index (χ1) is 14.8. The van der Waals surface area contributed by atoms with Crippen LogP contribution in [0.15, 0.2) is 34.3 Å². The topological polar surface area (TPSA) is 143 Å². The van der Waals surface area contributed by atoms with Crippen LogP contribution in [-0.4, -0.2) is 78.3 Å². The number of hydrogen-bond acceptors (Lipinski definition) is 10. The van der Waals surface area contributed by atoms with E-state index in [-0.39, 0.29) is 29.9 Å². The predicted octanol–water partition coefficient (Wildman–Crippen LogP) is 0.608. The molecule has 2 heterocycles. The van der Waals surface area contributed by atoms with Gasteiger partial charge in [-0.25, -0.2) is 13.4 Å². The van der Waals surface area contributed by atoms with Crippen molar-refractivity contribution in [1.29, 1.82) is 0 Å². The second-order valence-corrected chi connectivity index (χ2v) is 9.50. The van der Waals surface area contributed by atoms with Gasteiger partial charge in [0, 0.05) is 37.1 Å². The second kappa shape index (κ2) is 10.2. The van der Waals surface area contributed by atoms with Gasteiger partial charge in [-0.15, -0.1) is 0 Å². The molecule has 1 atom stereocenters. The van der Waals surface area contributed by atoms with E-state index in [0.29, 0.717) is 36.2 Å². The van der Waals surface area contributed by atoms with E-state index >= 15 is 0 Å². The van der Waals surface area contributed by atoms with Gasteiger partial charge in [0.25, 0.3) is 5.91 Å². The van der Waals surface area contributed by atoms with Gasteiger partial charge in [-0.3, -0.25) is 10.1 Å². The molecule has 2 aromatic rings. The molecule has 1 aromatic heterocycles. The van der Waals surface area contributed by atoms with Gasteiger partial charge in [0.2, 0.25) is 15.2 Å². The van der Waals surface area contributed by atoms with E-state index in [1.54, 1.807) is 6.92 Å². The maximum atomic E-state index is 12.8. The number of carbonyl (C=O) groups excluding carboxylic acids is 1. The van der Waals surface area contributed by atoms with Gasteiger partial charge in [-0.05, 0) is 19.1 Å². The highest BCUT2D eigenvalue weighted by atomic mass is 32.2. The minimum atomic E-state index is -3.77. The Morgan fingerprint density at radius 1 is 1.42 bits per heavy atom. The molecule has 168 valence electrons. The zero-order valence-electron chi connectivity index (χ0n) is 17.0. The largest absolute Gasteiger partial charge is 0.395 e. The molecule has 0 saturated carbocycles. The molecule has 13 heteroatoms. The Bertz CT molecular complexity index is 1030. The maximum Gasteiger partial charge on any atom is 0.280 e. The zero-order chi connectivity index (χ0) is 22.4. The van der Waals surface area contributed by atoms with Crippen LogP contribution in [0.3, 0.4) is 0 Å². The lowest BCUT2D eigenvalue weighted by molar-refractivity contribution is -0.110. The lowest BCUT2D eigenvalue weighted by Crippen LogP contribution is -2.29. The molecule has 0 aliphatic carbocycles. The highest BCUT2D eigenvalue weighted by Crippen LogP contribution is 2.18. The van der Waals surface area contributed by atoms with Crippen LogP contribution in [0.4, 0.5) is 5.13 Å². The molecule has 0 bridgehead atoms. The number of amides is 1. The number of aryl methyl sites for hydroxylation is 1. The lowest BCUT2D eigenvalue weighted by Gasteiger charge is -2.16. The molecule has 1 aromatic carbocycles. The van der Waals surface area contributed by atoms with Crippen molar-refractivity contribution in [1.82, 2.24) is 13.7 Å². The first kappa shape index (κ1) is 23.2. The highest BCUT2D eigenvalue weighted by molar-refractivity contribution is 7.89. The number of nitrogens with zero attached hydrogens (tertiary/aromatic N) is 4. The van der Waals surface area contributed by atoms with Crippen molar-refractivity contribution in [2.75, 3.05) is 38.7 Å². The summed E-state index contributed by atoms with van der Waals surface area (Å²) >= 11 is 1.03. The molecule has 1 fully saturated rings. The molecule has 31 heavy (non-hydrogen) atoms. The third-order valence-corrected chi connectivity index (χ3v) is 6.99. The third-order valence-electron chi connectivity index (χ3n) is 4.39. The fraction of sp³-hybridized carbons (Fsp3) is 0.444. The number of ether oxygens (including phenoxy) is 1. The van der Waals surface area contributed by atoms with Gasteiger partial charge in [-0.1, -0.05) is 17.3 Å². The number of benzene rings is 1. The standard InChI is InChI=1S/C18H23N5O6S2/c1-12-19-18(30-22-12)20-17(25)16(21-29-14-7-10-28-11-14)13-3-5-15(6-4-13)31(26,27)23(2)8-9-24/h3-6,14,24H,7-11H2,1-2H3,(H,19,20,22,25)/t14-/m1/s1. The van der Waals surface area contributed by atoms with Crippen molar-refractivity contribution < 1.29 is 27.9 Å². The number of nitrogens with one attached hydrogen (secondary N) is 1. The number of carbonyl (C=O) groups is 1. The summed E-state index contributed by atoms with van der Waals surface area (Å²) in [6, 6.07) is 5.68. The quantitative estimate of drug-likeness (QED) is 0.402. The van der Waals surface area contributed by atoms with E-state index in [0.717, 1.165) is 15.8 Å². The normalized spacial score (nSPS) is 17.2. The summed E-state index contributed by atoms with van der Waals surface area (Å²) in [6.45, 7) is 2.31. The average molecular weight is 470 g/mol. The summed E-state index contributed by atoms with van der Waals surface area (Å²) in [7, 11) is -2.39. The van der Waals surface area contributed by atoms with E-state index in [2.05, 4.69) is 19.8 Å². The SMILES string of the molecule is Cc1nsc(NC(=O)C(=NO[C@@H]2CCOC2)c2ccc(S(=O)(=O)N(C)CCO)cc2)n1. The maximum absolute atomic E-state index is 12.8. The number of aliphatic hydroxyl groups is 1. The summed E-state index contributed by atoms with van der Waals surface area (Å²) in [4.78, 5) is 22.4. The summed E-state index contributed by atoms with van der Waals surface area (Å²) in [5.74, 6) is -0.0391. The van der Waals surface area contributed by atoms with E-state index < -0.39 is 15.9 Å². The Labute approximate surface area is 183 Å². The van der Waals surface area contributed by atoms with Gasteiger partial charge < -0.3 is 14.7 Å². The molecule has 0 unspecified atom stereocenters. The molecule has 2 N–H and O–H groups in total. The summed E-state index contributed by atoms with van der Waals surface area (Å²) in [5.41, 5.74) is 0.328. The van der Waals surface area contributed by atoms with Crippen molar-refractivity contribution in [3.05, 3.63) is 35.7 Å². The van der Waals surface area contributed by atoms with Crippen molar-refractivity contribution in [3.63, 3.8) is 0 Å². The van der Waals surface area contributed by atoms with Crippen LogP contribution in [0, 0.1) is 6.92 Å². The molecule has 0 spiro atoms. The van der Waals surface area contributed by atoms with Gasteiger partial charge in [0.15, 0.2) is 11.8 Å². The van der Waals surface area contributed by atoms with Gasteiger partial charge in [-0.2, -0.15) is 8.68 Å². The highest BCUT2D eigenvalue weighted by Gasteiger charge is 2.23. The fourth-order valence-corrected chi connectivity index (χ4v) is 4.41. The second-order valence-electron chi connectivity index (χ2n) is 6.71. The fourth-order valence-electron chi connectivity index (χ4n) is 2.68. The number of hydrogen-bond donors (Lipinski definition) is 2. The number of anilines is 1. The van der Waals surface area contributed by atoms with Crippen molar-refractivity contribution in [3.8, 4) is 0 Å². The Morgan fingerprint density at radius 2 is 2.16 bits per heavy atom. The van der Waals surface area contributed by atoms with Crippen LogP contribution >= 0.6 is 11.5 Å². The van der Waals surface area contributed by atoms with Crippen LogP contribution < -0.4 is 5.32 Å². The van der Waals surface area contributed by atoms with Crippen molar-refractivity contribution >= 4 is 38.3 Å². The van der Waals surface area contributed by atoms with Crippen LogP contribution in [0.2, 0.25) is 0 Å². The molecule has 1 aliphatic heterocycles. The lowest BCUT2D eigenvalue weighted by atomic mass is 10.1. The summed E-state index contributed by atoms with van der Waals surface area (Å²) in [5, 5.41) is 16.0. The van der Waals surface area contributed by atoms with E-state index in [1.807, 2.05) is 0 Å². The van der Waals surface area contributed by atoms with E-state index in [9.17, 15) is 13.2 Å². The minimum absolute atomic E-state index is 0.0248. The molecule has 1 amide bonds. The van der Waals surface area contributed by atoms with Crippen LogP contribution in [0.1, 0.15) is 17.8 Å². The van der Waals surface area contributed by atoms with Gasteiger partial charge >= 0.3 is 0 Å². The predicted molar refractivity (Wildman–Crippen MR) is 113 cm³/mol. The van der Waals surface area contributed by atoms with E-state index in [1.165, 1.54) is 31.3 Å². The molecule has 11 nitrogen and oxygen atoms in total. The molecular weight excluding hydrogens is 446 g/mol. The van der Waals surface area contributed by atoms with Crippen LogP contribution in [-0.2, 0) is 24.4 Å². The van der Waals surface area contributed by atoms with Crippen LogP contribution in [0.5, 0.6) is 0 Å².